The number of hydrogen-bond acceptors (Lipinski definition) is 3. The summed E-state index contributed by atoms with van der Waals surface area (Å²) in [6, 6.07) is 9.95. The molecule has 2 aromatic heterocycles. The van der Waals surface area contributed by atoms with Crippen LogP contribution in [0.4, 0.5) is 0 Å². The summed E-state index contributed by atoms with van der Waals surface area (Å²) >= 11 is 1.60. The van der Waals surface area contributed by atoms with Crippen molar-refractivity contribution in [2.75, 3.05) is 13.7 Å². The highest BCUT2D eigenvalue weighted by atomic mass is 32.1. The van der Waals surface area contributed by atoms with Crippen LogP contribution in [0.2, 0.25) is 0 Å². The highest BCUT2D eigenvalue weighted by molar-refractivity contribution is 7.10. The lowest BCUT2D eigenvalue weighted by Crippen LogP contribution is -2.10. The van der Waals surface area contributed by atoms with Crippen molar-refractivity contribution in [2.24, 2.45) is 0 Å². The number of H-pyrrole nitrogens is 1. The van der Waals surface area contributed by atoms with Gasteiger partial charge in [0.25, 0.3) is 0 Å². The van der Waals surface area contributed by atoms with Crippen molar-refractivity contribution in [2.45, 2.75) is 19.8 Å². The number of hydrogen-bond donors (Lipinski definition) is 1. The number of aromatic amines is 1. The van der Waals surface area contributed by atoms with E-state index in [1.165, 1.54) is 0 Å². The summed E-state index contributed by atoms with van der Waals surface area (Å²) < 4.78 is 5.30. The average Bonchev–Trinajstić information content (AvgIpc) is 3.10. The molecule has 3 aromatic rings. The summed E-state index contributed by atoms with van der Waals surface area (Å²) in [5.74, 6) is 0.215. The van der Waals surface area contributed by atoms with E-state index >= 15 is 0 Å². The molecule has 114 valence electrons. The minimum atomic E-state index is 0.0629. The van der Waals surface area contributed by atoms with E-state index in [-0.39, 0.29) is 11.7 Å². The van der Waals surface area contributed by atoms with E-state index in [1.54, 1.807) is 18.4 Å². The number of carbonyl (C=O) groups excluding carboxylic acids is 1. The summed E-state index contributed by atoms with van der Waals surface area (Å²) in [7, 11) is 1.69. The minimum Gasteiger partial charge on any atom is -0.384 e. The number of rotatable bonds is 5. The van der Waals surface area contributed by atoms with Crippen LogP contribution in [0.5, 0.6) is 0 Å². The van der Waals surface area contributed by atoms with E-state index in [0.29, 0.717) is 12.3 Å². The van der Waals surface area contributed by atoms with Crippen LogP contribution in [0.1, 0.15) is 39.3 Å². The number of benzene rings is 1. The zero-order chi connectivity index (χ0) is 15.7. The highest BCUT2D eigenvalue weighted by Gasteiger charge is 2.24. The van der Waals surface area contributed by atoms with Gasteiger partial charge >= 0.3 is 0 Å². The van der Waals surface area contributed by atoms with Crippen molar-refractivity contribution in [3.63, 3.8) is 0 Å². The lowest BCUT2D eigenvalue weighted by molar-refractivity contribution is 0.103. The van der Waals surface area contributed by atoms with Crippen LogP contribution in [0.25, 0.3) is 10.9 Å². The molecule has 22 heavy (non-hydrogen) atoms. The number of methoxy groups -OCH3 is 1. The normalized spacial score (nSPS) is 12.7. The molecule has 1 atom stereocenters. The fourth-order valence-electron chi connectivity index (χ4n) is 2.94. The van der Waals surface area contributed by atoms with Gasteiger partial charge in [0, 0.05) is 34.4 Å². The number of carbonyl (C=O) groups is 1. The molecule has 3 rings (SSSR count). The summed E-state index contributed by atoms with van der Waals surface area (Å²) in [6.45, 7) is 4.67. The number of thiophene rings is 1. The van der Waals surface area contributed by atoms with Crippen LogP contribution in [-0.2, 0) is 4.74 Å². The molecule has 2 heterocycles. The Balaban J connectivity index is 2.18. The first-order chi connectivity index (χ1) is 10.6. The molecule has 0 saturated heterocycles. The first kappa shape index (κ1) is 15.0. The molecule has 0 aliphatic rings. The third-order valence-corrected chi connectivity index (χ3v) is 4.83. The van der Waals surface area contributed by atoms with Crippen molar-refractivity contribution >= 4 is 28.0 Å². The average molecular weight is 313 g/mol. The maximum absolute atomic E-state index is 13.0. The quantitative estimate of drug-likeness (QED) is 0.704. The highest BCUT2D eigenvalue weighted by Crippen LogP contribution is 2.32. The largest absolute Gasteiger partial charge is 0.384 e. The molecule has 0 amide bonds. The molecule has 3 nitrogen and oxygen atoms in total. The van der Waals surface area contributed by atoms with Crippen LogP contribution in [0.3, 0.4) is 0 Å². The number of aryl methyl sites for hydroxylation is 1. The van der Waals surface area contributed by atoms with Gasteiger partial charge in [-0.1, -0.05) is 25.1 Å². The van der Waals surface area contributed by atoms with Crippen molar-refractivity contribution in [1.82, 2.24) is 4.98 Å². The molecule has 1 unspecified atom stereocenters. The number of nitrogens with one attached hydrogen (secondary N) is 1. The second-order valence-electron chi connectivity index (χ2n) is 5.54. The van der Waals surface area contributed by atoms with Crippen LogP contribution in [0.15, 0.2) is 35.7 Å². The molecule has 0 aliphatic carbocycles. The zero-order valence-corrected chi connectivity index (χ0v) is 13.8. The van der Waals surface area contributed by atoms with Gasteiger partial charge in [0.1, 0.15) is 0 Å². The number of para-hydroxylation sites is 1. The zero-order valence-electron chi connectivity index (χ0n) is 13.0. The van der Waals surface area contributed by atoms with Crippen LogP contribution < -0.4 is 0 Å². The SMILES string of the molecule is COCC(C)c1c(C(=O)c2ccsc2C)[nH]c2ccccc12. The van der Waals surface area contributed by atoms with Crippen LogP contribution >= 0.6 is 11.3 Å². The van der Waals surface area contributed by atoms with Gasteiger partial charge in [-0.2, -0.15) is 0 Å². The number of aromatic nitrogens is 1. The first-order valence-corrected chi connectivity index (χ1v) is 8.19. The van der Waals surface area contributed by atoms with Crippen molar-refractivity contribution in [1.29, 1.82) is 0 Å². The van der Waals surface area contributed by atoms with Gasteiger partial charge in [0.2, 0.25) is 5.78 Å². The second kappa shape index (κ2) is 6.07. The van der Waals surface area contributed by atoms with E-state index in [4.69, 9.17) is 4.74 Å². The van der Waals surface area contributed by atoms with Crippen LogP contribution in [-0.4, -0.2) is 24.5 Å². The lowest BCUT2D eigenvalue weighted by atomic mass is 9.95. The van der Waals surface area contributed by atoms with E-state index in [9.17, 15) is 4.79 Å². The Morgan fingerprint density at radius 2 is 2.09 bits per heavy atom. The van der Waals surface area contributed by atoms with E-state index in [0.717, 1.165) is 26.9 Å². The Morgan fingerprint density at radius 3 is 2.77 bits per heavy atom. The van der Waals surface area contributed by atoms with Gasteiger partial charge < -0.3 is 9.72 Å². The van der Waals surface area contributed by atoms with Gasteiger partial charge in [-0.05, 0) is 30.0 Å². The molecule has 0 radical (unpaired) electrons. The van der Waals surface area contributed by atoms with Gasteiger partial charge in [-0.3, -0.25) is 4.79 Å². The number of ketones is 1. The molecule has 0 spiro atoms. The maximum Gasteiger partial charge on any atom is 0.210 e. The lowest BCUT2D eigenvalue weighted by Gasteiger charge is -2.12. The van der Waals surface area contributed by atoms with Crippen LogP contribution in [0, 0.1) is 6.92 Å². The summed E-state index contributed by atoms with van der Waals surface area (Å²) in [5, 5.41) is 3.06. The smallest absolute Gasteiger partial charge is 0.210 e. The van der Waals surface area contributed by atoms with Crippen molar-refractivity contribution in [3.05, 3.63) is 57.4 Å². The topological polar surface area (TPSA) is 42.1 Å². The van der Waals surface area contributed by atoms with E-state index in [1.807, 2.05) is 36.6 Å². The molecule has 0 fully saturated rings. The molecule has 4 heteroatoms. The Morgan fingerprint density at radius 1 is 1.32 bits per heavy atom. The Kier molecular flexibility index (Phi) is 4.14. The molecule has 0 bridgehead atoms. The second-order valence-corrected chi connectivity index (χ2v) is 6.66. The monoisotopic (exact) mass is 313 g/mol. The predicted octanol–water partition coefficient (Wildman–Crippen LogP) is 4.52. The summed E-state index contributed by atoms with van der Waals surface area (Å²) in [4.78, 5) is 17.3. The molecular weight excluding hydrogens is 294 g/mol. The van der Waals surface area contributed by atoms with Gasteiger partial charge in [-0.15, -0.1) is 11.3 Å². The van der Waals surface area contributed by atoms with Gasteiger partial charge in [0.15, 0.2) is 0 Å². The van der Waals surface area contributed by atoms with Crippen molar-refractivity contribution in [3.8, 4) is 0 Å². The molecule has 1 aromatic carbocycles. The third kappa shape index (κ3) is 2.49. The van der Waals surface area contributed by atoms with Gasteiger partial charge in [-0.25, -0.2) is 0 Å². The fourth-order valence-corrected chi connectivity index (χ4v) is 3.64. The Bertz CT molecular complexity index is 815. The molecular formula is C18H19NO2S. The third-order valence-electron chi connectivity index (χ3n) is 3.99. The van der Waals surface area contributed by atoms with E-state index < -0.39 is 0 Å². The summed E-state index contributed by atoms with van der Waals surface area (Å²) in [6.07, 6.45) is 0. The predicted molar refractivity (Wildman–Crippen MR) is 91.1 cm³/mol. The number of ether oxygens (including phenoxy) is 1. The molecule has 0 aliphatic heterocycles. The minimum absolute atomic E-state index is 0.0629. The summed E-state index contributed by atoms with van der Waals surface area (Å²) in [5.41, 5.74) is 3.51. The number of fused-ring (bicyclic) bond motifs is 1. The Labute approximate surface area is 133 Å². The Hall–Kier alpha value is -1.91. The molecule has 0 saturated carbocycles. The maximum atomic E-state index is 13.0. The molecule has 1 N–H and O–H groups in total. The fraction of sp³-hybridized carbons (Fsp3) is 0.278. The van der Waals surface area contributed by atoms with E-state index in [2.05, 4.69) is 18.0 Å². The first-order valence-electron chi connectivity index (χ1n) is 7.31. The van der Waals surface area contributed by atoms with Gasteiger partial charge in [0.05, 0.1) is 12.3 Å². The standard InChI is InChI=1S/C18H19NO2S/c1-11(10-21-3)16-14-6-4-5-7-15(14)19-17(16)18(20)13-8-9-22-12(13)2/h4-9,11,19H,10H2,1-3H3. The van der Waals surface area contributed by atoms with Crippen molar-refractivity contribution < 1.29 is 9.53 Å².